The van der Waals surface area contributed by atoms with Crippen molar-refractivity contribution in [3.63, 3.8) is 0 Å². The molecule has 0 radical (unpaired) electrons. The number of carboxylic acid groups (broad SMARTS) is 1. The van der Waals surface area contributed by atoms with Gasteiger partial charge in [-0.15, -0.1) is 0 Å². The quantitative estimate of drug-likeness (QED) is 0.0999. The van der Waals surface area contributed by atoms with E-state index < -0.39 is 46.6 Å². The molecule has 70 heavy (non-hydrogen) atoms. The molecule has 15 rings (SSSR count). The van der Waals surface area contributed by atoms with Gasteiger partial charge in [0.1, 0.15) is 0 Å². The molecule has 13 heteroatoms. The predicted octanol–water partition coefficient (Wildman–Crippen LogP) is 13.6. The fourth-order valence-electron chi connectivity index (χ4n) is 17.3. The zero-order chi connectivity index (χ0) is 49.1. The van der Waals surface area contributed by atoms with Crippen molar-refractivity contribution in [3.05, 3.63) is 88.0 Å². The van der Waals surface area contributed by atoms with Crippen molar-refractivity contribution in [3.8, 4) is 17.2 Å². The van der Waals surface area contributed by atoms with Crippen molar-refractivity contribution in [1.82, 2.24) is 0 Å². The van der Waals surface area contributed by atoms with Gasteiger partial charge in [-0.05, 0) is 233 Å². The lowest BCUT2D eigenvalue weighted by atomic mass is 9.48. The number of carbonyl (C=O) groups excluding carboxylic acids is 1. The van der Waals surface area contributed by atoms with Crippen LogP contribution in [0.25, 0.3) is 0 Å². The third-order valence-electron chi connectivity index (χ3n) is 18.8. The molecule has 3 aromatic carbocycles. The van der Waals surface area contributed by atoms with Crippen LogP contribution in [0.5, 0.6) is 17.2 Å². The number of esters is 1. The van der Waals surface area contributed by atoms with Crippen LogP contribution in [0.4, 0.5) is 26.3 Å². The molecule has 0 atom stereocenters. The zero-order valence-electron chi connectivity index (χ0n) is 40.3. The maximum absolute atomic E-state index is 14.9. The number of methoxy groups -OCH3 is 1. The molecule has 12 bridgehead atoms. The van der Waals surface area contributed by atoms with Crippen molar-refractivity contribution in [2.24, 2.45) is 53.3 Å². The lowest BCUT2D eigenvalue weighted by Crippen LogP contribution is -2.49. The smallest absolute Gasteiger partial charge is 0.305 e. The second-order valence-electron chi connectivity index (χ2n) is 23.7. The molecule has 0 spiro atoms. The zero-order valence-corrected chi connectivity index (χ0v) is 40.3. The summed E-state index contributed by atoms with van der Waals surface area (Å²) >= 11 is 0. The summed E-state index contributed by atoms with van der Waals surface area (Å²) in [4.78, 5) is 21.6. The normalized spacial score (nSPS) is 34.4. The highest BCUT2D eigenvalue weighted by atomic mass is 19.2. The summed E-state index contributed by atoms with van der Waals surface area (Å²) in [5.74, 6) is -1.11. The molecule has 0 saturated heterocycles. The number of carboxylic acids is 1. The van der Waals surface area contributed by atoms with E-state index in [9.17, 15) is 41.0 Å². The van der Waals surface area contributed by atoms with Gasteiger partial charge in [-0.25, -0.2) is 13.2 Å². The number of hydrogen-bond acceptors (Lipinski definition) is 6. The minimum absolute atomic E-state index is 0.0462. The summed E-state index contributed by atoms with van der Waals surface area (Å²) in [6.07, 6.45) is 21.2. The van der Waals surface area contributed by atoms with E-state index in [1.165, 1.54) is 77.0 Å². The lowest BCUT2D eigenvalue weighted by molar-refractivity contribution is -0.141. The van der Waals surface area contributed by atoms with Gasteiger partial charge in [0.15, 0.2) is 34.7 Å². The SMILES string of the molecule is COC(=O)CCCOc1ccc(C23CC4CC(CC(C4)C2)C3)c(F)c1F.O=C(O)CCCOc1ccc(C23CC4CC(CC(C4)C2)C3)c(F)c1F.Oc1ccc(C23CC4CC(CC(C4)C2)C3)c(F)c1F. The molecule has 380 valence electrons. The second kappa shape index (κ2) is 19.5. The van der Waals surface area contributed by atoms with Crippen molar-refractivity contribution in [2.45, 2.75) is 158 Å². The van der Waals surface area contributed by atoms with Crippen LogP contribution in [0.1, 0.15) is 158 Å². The summed E-state index contributed by atoms with van der Waals surface area (Å²) in [6.45, 7) is 0.224. The van der Waals surface area contributed by atoms with E-state index >= 15 is 0 Å². The summed E-state index contributed by atoms with van der Waals surface area (Å²) in [6, 6.07) is 9.45. The fourth-order valence-corrected chi connectivity index (χ4v) is 17.3. The molecule has 2 N–H and O–H groups in total. The number of aromatic hydroxyl groups is 1. The Bertz CT molecular complexity index is 2350. The molecule has 0 heterocycles. The monoisotopic (exact) mass is 978 g/mol. The third kappa shape index (κ3) is 9.54. The predicted molar refractivity (Wildman–Crippen MR) is 249 cm³/mol. The van der Waals surface area contributed by atoms with E-state index in [2.05, 4.69) is 4.74 Å². The van der Waals surface area contributed by atoms with Gasteiger partial charge in [0.2, 0.25) is 17.5 Å². The molecule has 12 saturated carbocycles. The number of rotatable bonds is 13. The highest BCUT2D eigenvalue weighted by molar-refractivity contribution is 5.69. The Labute approximate surface area is 407 Å². The van der Waals surface area contributed by atoms with Crippen LogP contribution in [0, 0.1) is 88.2 Å². The number of aliphatic carboxylic acids is 1. The van der Waals surface area contributed by atoms with E-state index in [1.54, 1.807) is 24.3 Å². The van der Waals surface area contributed by atoms with Gasteiger partial charge < -0.3 is 24.4 Å². The minimum Gasteiger partial charge on any atom is -0.505 e. The molecule has 0 unspecified atom stereocenters. The molecule has 12 fully saturated rings. The van der Waals surface area contributed by atoms with Crippen molar-refractivity contribution < 1.29 is 60.4 Å². The van der Waals surface area contributed by atoms with Gasteiger partial charge >= 0.3 is 11.9 Å². The van der Waals surface area contributed by atoms with Crippen LogP contribution in [-0.2, 0) is 30.6 Å². The van der Waals surface area contributed by atoms with E-state index in [0.717, 1.165) is 57.8 Å². The second-order valence-corrected chi connectivity index (χ2v) is 23.7. The molecular weight excluding hydrogens is 911 g/mol. The maximum atomic E-state index is 14.9. The van der Waals surface area contributed by atoms with Crippen LogP contribution in [0.2, 0.25) is 0 Å². The van der Waals surface area contributed by atoms with Gasteiger partial charge in [-0.3, -0.25) is 9.59 Å². The lowest BCUT2D eigenvalue weighted by Gasteiger charge is -2.57. The average molecular weight is 979 g/mol. The van der Waals surface area contributed by atoms with Crippen molar-refractivity contribution in [2.75, 3.05) is 20.3 Å². The van der Waals surface area contributed by atoms with E-state index in [4.69, 9.17) is 14.6 Å². The number of phenolic OH excluding ortho intramolecular Hbond substituents is 1. The maximum Gasteiger partial charge on any atom is 0.305 e. The van der Waals surface area contributed by atoms with Crippen LogP contribution < -0.4 is 9.47 Å². The van der Waals surface area contributed by atoms with Gasteiger partial charge in [-0.2, -0.15) is 13.2 Å². The third-order valence-corrected chi connectivity index (χ3v) is 18.8. The summed E-state index contributed by atoms with van der Waals surface area (Å²) in [5, 5.41) is 17.9. The van der Waals surface area contributed by atoms with Crippen LogP contribution >= 0.6 is 0 Å². The van der Waals surface area contributed by atoms with E-state index in [0.29, 0.717) is 76.4 Å². The molecule has 0 aliphatic heterocycles. The summed E-state index contributed by atoms with van der Waals surface area (Å²) in [5.41, 5.74) is 1.07. The molecule has 12 aliphatic carbocycles. The van der Waals surface area contributed by atoms with Gasteiger partial charge in [-0.1, -0.05) is 18.2 Å². The Morgan fingerprint density at radius 3 is 1.09 bits per heavy atom. The number of phenols is 1. The first kappa shape index (κ1) is 49.2. The number of halogens is 6. The van der Waals surface area contributed by atoms with Gasteiger partial charge in [0.05, 0.1) is 20.3 Å². The number of carbonyl (C=O) groups is 2. The van der Waals surface area contributed by atoms with Gasteiger partial charge in [0, 0.05) is 12.8 Å². The average Bonchev–Trinajstić information content (AvgIpc) is 3.30. The van der Waals surface area contributed by atoms with Crippen LogP contribution in [0.15, 0.2) is 36.4 Å². The van der Waals surface area contributed by atoms with Gasteiger partial charge in [0.25, 0.3) is 0 Å². The Balaban J connectivity index is 0.000000123. The molecule has 0 amide bonds. The van der Waals surface area contributed by atoms with Crippen LogP contribution in [0.3, 0.4) is 0 Å². The largest absolute Gasteiger partial charge is 0.505 e. The Kier molecular flexibility index (Phi) is 13.7. The molecule has 0 aromatic heterocycles. The standard InChI is InChI=1S/C21H26F2O3.C20H24F2O3.C16H18F2O/c1-25-18(24)3-2-6-26-17-5-4-16(19(22)20(17)23)21-10-13-7-14(11-21)9-15(8-13)12-21;21-18-15(3-4-16(19(18)22)25-5-1-2-17(23)24)20-9-12-6-13(10-20)8-14(7-12)11-20;17-14-12(1-2-13(19)15(14)18)16-6-9-3-10(7-16)5-11(4-9)8-16/h4-5,13-15H,2-3,6-12H2,1H3;3-4,12-14H,1-2,5-11H2,(H,23,24);1-2,9-11,19H,3-8H2. The summed E-state index contributed by atoms with van der Waals surface area (Å²) in [7, 11) is 1.32. The number of ether oxygens (including phenoxy) is 3. The molecule has 7 nitrogen and oxygen atoms in total. The first-order valence-electron chi connectivity index (χ1n) is 26.2. The fraction of sp³-hybridized carbons (Fsp3) is 0.649. The van der Waals surface area contributed by atoms with Crippen LogP contribution in [-0.4, -0.2) is 42.5 Å². The number of hydrogen-bond donors (Lipinski definition) is 2. The molecular formula is C57H68F6O7. The molecule has 12 aliphatic rings. The van der Waals surface area contributed by atoms with Crippen molar-refractivity contribution >= 4 is 11.9 Å². The molecule has 3 aromatic rings. The first-order valence-corrected chi connectivity index (χ1v) is 26.2. The topological polar surface area (TPSA) is 102 Å². The van der Waals surface area contributed by atoms with Crippen molar-refractivity contribution in [1.29, 1.82) is 0 Å². The number of benzene rings is 3. The highest BCUT2D eigenvalue weighted by Crippen LogP contribution is 2.64. The minimum atomic E-state index is -1.08. The Morgan fingerprint density at radius 2 is 0.771 bits per heavy atom. The Hall–Kier alpha value is -4.42. The van der Waals surface area contributed by atoms with E-state index in [-0.39, 0.29) is 66.2 Å². The Morgan fingerprint density at radius 1 is 0.471 bits per heavy atom. The van der Waals surface area contributed by atoms with E-state index in [1.807, 2.05) is 0 Å². The summed E-state index contributed by atoms with van der Waals surface area (Å²) < 4.78 is 102. The highest BCUT2D eigenvalue weighted by Gasteiger charge is 2.55. The first-order chi connectivity index (χ1) is 33.5.